The van der Waals surface area contributed by atoms with Gasteiger partial charge in [-0.1, -0.05) is 0 Å². The van der Waals surface area contributed by atoms with Gasteiger partial charge in [0.2, 0.25) is 0 Å². The van der Waals surface area contributed by atoms with E-state index >= 15 is 0 Å². The van der Waals surface area contributed by atoms with Gasteiger partial charge >= 0.3 is 12.0 Å². The highest BCUT2D eigenvalue weighted by Crippen LogP contribution is 2.00. The van der Waals surface area contributed by atoms with Gasteiger partial charge in [-0.2, -0.15) is 11.8 Å². The third kappa shape index (κ3) is 7.36. The van der Waals surface area contributed by atoms with Crippen LogP contribution in [0, 0.1) is 0 Å². The molecule has 0 aromatic heterocycles. The highest BCUT2D eigenvalue weighted by atomic mass is 32.2. The van der Waals surface area contributed by atoms with Gasteiger partial charge in [-0.05, 0) is 25.4 Å². The van der Waals surface area contributed by atoms with E-state index in [1.807, 2.05) is 6.26 Å². The van der Waals surface area contributed by atoms with Crippen molar-refractivity contribution in [3.63, 3.8) is 0 Å². The molecule has 0 aromatic carbocycles. The van der Waals surface area contributed by atoms with Crippen LogP contribution in [0.2, 0.25) is 0 Å². The Morgan fingerprint density at radius 3 is 2.50 bits per heavy atom. The molecule has 0 spiro atoms. The number of thioether (sulfide) groups is 1. The number of hydrogen-bond donors (Lipinski definition) is 4. The second-order valence-electron chi connectivity index (χ2n) is 3.38. The molecule has 0 aliphatic heterocycles. The summed E-state index contributed by atoms with van der Waals surface area (Å²) in [5.74, 6) is -0.394. The fourth-order valence-corrected chi connectivity index (χ4v) is 1.41. The van der Waals surface area contributed by atoms with Gasteiger partial charge in [-0.25, -0.2) is 9.59 Å². The number of aliphatic carboxylic acids is 1. The van der Waals surface area contributed by atoms with Crippen molar-refractivity contribution in [1.29, 1.82) is 0 Å². The van der Waals surface area contributed by atoms with E-state index in [4.69, 9.17) is 10.2 Å². The quantitative estimate of drug-likeness (QED) is 0.504. The van der Waals surface area contributed by atoms with Crippen molar-refractivity contribution in [3.8, 4) is 0 Å². The number of carbonyl (C=O) groups excluding carboxylic acids is 1. The van der Waals surface area contributed by atoms with Crippen LogP contribution < -0.4 is 10.6 Å². The average molecular weight is 250 g/mol. The number of hydrogen-bond acceptors (Lipinski definition) is 4. The smallest absolute Gasteiger partial charge is 0.326 e. The lowest BCUT2D eigenvalue weighted by Crippen LogP contribution is -2.47. The van der Waals surface area contributed by atoms with E-state index < -0.39 is 24.1 Å². The molecule has 0 radical (unpaired) electrons. The Bertz CT molecular complexity index is 236. The molecule has 6 nitrogen and oxygen atoms in total. The molecule has 7 heteroatoms. The molecule has 0 aromatic rings. The Balaban J connectivity index is 3.98. The Kier molecular flexibility index (Phi) is 7.74. The van der Waals surface area contributed by atoms with Crippen molar-refractivity contribution >= 4 is 23.8 Å². The first-order chi connectivity index (χ1) is 7.47. The molecular formula is C9H18N2O4S. The lowest BCUT2D eigenvalue weighted by molar-refractivity contribution is -0.139. The highest BCUT2D eigenvalue weighted by molar-refractivity contribution is 7.98. The third-order valence-electron chi connectivity index (χ3n) is 1.77. The number of urea groups is 1. The van der Waals surface area contributed by atoms with Crippen LogP contribution in [-0.4, -0.2) is 52.9 Å². The number of amides is 2. The Morgan fingerprint density at radius 2 is 2.06 bits per heavy atom. The van der Waals surface area contributed by atoms with Crippen molar-refractivity contribution < 1.29 is 19.8 Å². The van der Waals surface area contributed by atoms with Gasteiger partial charge in [0.05, 0.1) is 6.10 Å². The molecule has 4 N–H and O–H groups in total. The Labute approximate surface area is 98.8 Å². The van der Waals surface area contributed by atoms with E-state index in [0.29, 0.717) is 12.2 Å². The van der Waals surface area contributed by atoms with E-state index in [2.05, 4.69) is 10.6 Å². The molecule has 0 saturated heterocycles. The minimum Gasteiger partial charge on any atom is -0.480 e. The van der Waals surface area contributed by atoms with Gasteiger partial charge in [-0.3, -0.25) is 0 Å². The minimum absolute atomic E-state index is 0.0979. The van der Waals surface area contributed by atoms with Crippen LogP contribution in [0.4, 0.5) is 4.79 Å². The van der Waals surface area contributed by atoms with Gasteiger partial charge in [-0.15, -0.1) is 0 Å². The number of aliphatic hydroxyl groups excluding tert-OH is 1. The Hall–Kier alpha value is -0.950. The highest BCUT2D eigenvalue weighted by Gasteiger charge is 2.19. The average Bonchev–Trinajstić information content (AvgIpc) is 2.20. The van der Waals surface area contributed by atoms with Gasteiger partial charge in [0, 0.05) is 6.54 Å². The maximum absolute atomic E-state index is 11.2. The minimum atomic E-state index is -1.05. The first kappa shape index (κ1) is 15.0. The van der Waals surface area contributed by atoms with E-state index in [1.165, 1.54) is 18.7 Å². The summed E-state index contributed by atoms with van der Waals surface area (Å²) in [7, 11) is 0. The van der Waals surface area contributed by atoms with Crippen molar-refractivity contribution in [3.05, 3.63) is 0 Å². The molecule has 0 fully saturated rings. The van der Waals surface area contributed by atoms with Gasteiger partial charge in [0.15, 0.2) is 0 Å². The summed E-state index contributed by atoms with van der Waals surface area (Å²) in [6, 6.07) is -1.46. The summed E-state index contributed by atoms with van der Waals surface area (Å²) < 4.78 is 0. The molecule has 2 atom stereocenters. The maximum atomic E-state index is 11.2. The zero-order chi connectivity index (χ0) is 12.6. The standard InChI is InChI=1S/C9H18N2O4S/c1-6(12)5-10-9(15)11-7(8(13)14)3-4-16-2/h6-7,12H,3-5H2,1-2H3,(H,13,14)(H2,10,11,15)/t6-,7-/m0/s1. The van der Waals surface area contributed by atoms with Crippen molar-refractivity contribution in [2.24, 2.45) is 0 Å². The third-order valence-corrected chi connectivity index (χ3v) is 2.42. The van der Waals surface area contributed by atoms with Gasteiger partial charge in [0.1, 0.15) is 6.04 Å². The largest absolute Gasteiger partial charge is 0.480 e. The lowest BCUT2D eigenvalue weighted by Gasteiger charge is -2.15. The zero-order valence-electron chi connectivity index (χ0n) is 9.40. The molecule has 0 aliphatic rings. The normalized spacial score (nSPS) is 13.9. The summed E-state index contributed by atoms with van der Waals surface area (Å²) in [6.45, 7) is 1.63. The van der Waals surface area contributed by atoms with E-state index in [1.54, 1.807) is 0 Å². The molecule has 16 heavy (non-hydrogen) atoms. The SMILES string of the molecule is CSCC[C@H](NC(=O)NC[C@H](C)O)C(=O)O. The monoisotopic (exact) mass is 250 g/mol. The van der Waals surface area contributed by atoms with Crippen molar-refractivity contribution in [2.75, 3.05) is 18.6 Å². The van der Waals surface area contributed by atoms with Crippen LogP contribution in [0.5, 0.6) is 0 Å². The first-order valence-electron chi connectivity index (χ1n) is 4.91. The summed E-state index contributed by atoms with van der Waals surface area (Å²) in [5.41, 5.74) is 0. The molecule has 0 unspecified atom stereocenters. The predicted molar refractivity (Wildman–Crippen MR) is 62.6 cm³/mol. The second kappa shape index (κ2) is 8.23. The fourth-order valence-electron chi connectivity index (χ4n) is 0.943. The summed E-state index contributed by atoms with van der Waals surface area (Å²) in [5, 5.41) is 22.5. The second-order valence-corrected chi connectivity index (χ2v) is 4.36. The van der Waals surface area contributed by atoms with Crippen molar-refractivity contribution in [1.82, 2.24) is 10.6 Å². The number of aliphatic hydroxyl groups is 1. The lowest BCUT2D eigenvalue weighted by atomic mass is 10.2. The van der Waals surface area contributed by atoms with Crippen LogP contribution in [0.1, 0.15) is 13.3 Å². The van der Waals surface area contributed by atoms with E-state index in [-0.39, 0.29) is 6.54 Å². The van der Waals surface area contributed by atoms with Crippen molar-refractivity contribution in [2.45, 2.75) is 25.5 Å². The first-order valence-corrected chi connectivity index (χ1v) is 6.31. The summed E-state index contributed by atoms with van der Waals surface area (Å²) in [4.78, 5) is 22.0. The molecule has 0 aliphatic carbocycles. The number of carboxylic acid groups (broad SMARTS) is 1. The summed E-state index contributed by atoms with van der Waals surface area (Å²) in [6.07, 6.45) is 1.59. The number of rotatable bonds is 7. The molecule has 0 bridgehead atoms. The predicted octanol–water partition coefficient (Wildman–Crippen LogP) is -0.127. The van der Waals surface area contributed by atoms with Gasteiger partial charge < -0.3 is 20.8 Å². The zero-order valence-corrected chi connectivity index (χ0v) is 10.2. The molecule has 2 amide bonds. The molecule has 0 heterocycles. The van der Waals surface area contributed by atoms with E-state index in [0.717, 1.165) is 0 Å². The maximum Gasteiger partial charge on any atom is 0.326 e. The summed E-state index contributed by atoms with van der Waals surface area (Å²) >= 11 is 1.52. The number of nitrogens with one attached hydrogen (secondary N) is 2. The number of carbonyl (C=O) groups is 2. The van der Waals surface area contributed by atoms with Gasteiger partial charge in [0.25, 0.3) is 0 Å². The van der Waals surface area contributed by atoms with Crippen LogP contribution in [0.3, 0.4) is 0 Å². The Morgan fingerprint density at radius 1 is 1.44 bits per heavy atom. The topological polar surface area (TPSA) is 98.7 Å². The van der Waals surface area contributed by atoms with Crippen LogP contribution >= 0.6 is 11.8 Å². The fraction of sp³-hybridized carbons (Fsp3) is 0.778. The molecule has 0 rings (SSSR count). The molecule has 94 valence electrons. The molecule has 0 saturated carbocycles. The van der Waals surface area contributed by atoms with Crippen LogP contribution in [-0.2, 0) is 4.79 Å². The van der Waals surface area contributed by atoms with E-state index in [9.17, 15) is 9.59 Å². The van der Waals surface area contributed by atoms with Crippen LogP contribution in [0.25, 0.3) is 0 Å². The number of carboxylic acids is 1. The van der Waals surface area contributed by atoms with Crippen LogP contribution in [0.15, 0.2) is 0 Å². The molecular weight excluding hydrogens is 232 g/mol.